The number of nitrogens with one attached hydrogen (secondary N) is 1. The molecule has 2 N–H and O–H groups in total. The van der Waals surface area contributed by atoms with Gasteiger partial charge in [-0.15, -0.1) is 0 Å². The second-order valence-corrected chi connectivity index (χ2v) is 4.60. The summed E-state index contributed by atoms with van der Waals surface area (Å²) in [6.07, 6.45) is -0.973. The smallest absolute Gasteiger partial charge is 0.335 e. The van der Waals surface area contributed by atoms with Crippen LogP contribution in [-0.4, -0.2) is 16.9 Å². The lowest BCUT2D eigenvalue weighted by molar-refractivity contribution is 0.0693. The number of carboxylic acids is 1. The van der Waals surface area contributed by atoms with Crippen LogP contribution in [0.2, 0.25) is 0 Å². The molecule has 1 aliphatic heterocycles. The standard InChI is InChI=1S/C15H10F2N2O3/c16-11-6-2-5-10(12(11)17)14-18-13(19-22-14)8-3-1-4-9(7-8)15(20)21/h1-7,14H,(H,18,19)(H,20,21). The van der Waals surface area contributed by atoms with Gasteiger partial charge < -0.3 is 15.3 Å². The molecule has 0 spiro atoms. The van der Waals surface area contributed by atoms with Gasteiger partial charge in [-0.3, -0.25) is 0 Å². The molecule has 2 aromatic carbocycles. The van der Waals surface area contributed by atoms with E-state index < -0.39 is 23.8 Å². The van der Waals surface area contributed by atoms with Crippen molar-refractivity contribution in [2.24, 2.45) is 5.16 Å². The summed E-state index contributed by atoms with van der Waals surface area (Å²) >= 11 is 0. The average Bonchev–Trinajstić information content (AvgIpc) is 3.00. The first-order valence-corrected chi connectivity index (χ1v) is 6.34. The summed E-state index contributed by atoms with van der Waals surface area (Å²) in [5.41, 5.74) is 0.537. The van der Waals surface area contributed by atoms with E-state index in [4.69, 9.17) is 9.94 Å². The molecule has 1 aliphatic rings. The van der Waals surface area contributed by atoms with Crippen molar-refractivity contribution in [1.29, 1.82) is 0 Å². The van der Waals surface area contributed by atoms with Crippen LogP contribution in [0.25, 0.3) is 0 Å². The van der Waals surface area contributed by atoms with Gasteiger partial charge in [-0.2, -0.15) is 0 Å². The molecule has 0 saturated carbocycles. The van der Waals surface area contributed by atoms with Gasteiger partial charge in [-0.25, -0.2) is 13.6 Å². The van der Waals surface area contributed by atoms with Crippen molar-refractivity contribution in [2.75, 3.05) is 0 Å². The van der Waals surface area contributed by atoms with Gasteiger partial charge in [0.1, 0.15) is 0 Å². The van der Waals surface area contributed by atoms with Gasteiger partial charge in [0.2, 0.25) is 6.23 Å². The summed E-state index contributed by atoms with van der Waals surface area (Å²) in [6.45, 7) is 0. The first-order chi connectivity index (χ1) is 10.6. The number of aromatic carboxylic acids is 1. The van der Waals surface area contributed by atoms with E-state index in [1.54, 1.807) is 12.1 Å². The molecule has 3 rings (SSSR count). The molecule has 0 amide bonds. The van der Waals surface area contributed by atoms with Crippen molar-refractivity contribution in [1.82, 2.24) is 5.32 Å². The molecule has 0 aromatic heterocycles. The lowest BCUT2D eigenvalue weighted by Crippen LogP contribution is -2.24. The predicted octanol–water partition coefficient (Wildman–Crippen LogP) is 2.64. The van der Waals surface area contributed by atoms with Crippen LogP contribution in [0.5, 0.6) is 0 Å². The number of oxime groups is 1. The highest BCUT2D eigenvalue weighted by Gasteiger charge is 2.26. The number of amidine groups is 1. The van der Waals surface area contributed by atoms with Gasteiger partial charge in [0.05, 0.1) is 11.1 Å². The van der Waals surface area contributed by atoms with Gasteiger partial charge in [0, 0.05) is 5.56 Å². The first kappa shape index (κ1) is 14.0. The Morgan fingerprint density at radius 1 is 1.23 bits per heavy atom. The third-order valence-electron chi connectivity index (χ3n) is 3.16. The van der Waals surface area contributed by atoms with Crippen molar-refractivity contribution in [3.63, 3.8) is 0 Å². The molecule has 0 bridgehead atoms. The zero-order valence-electron chi connectivity index (χ0n) is 11.1. The first-order valence-electron chi connectivity index (χ1n) is 6.34. The largest absolute Gasteiger partial charge is 0.478 e. The van der Waals surface area contributed by atoms with E-state index in [1.807, 2.05) is 0 Å². The second kappa shape index (κ2) is 5.44. The average molecular weight is 304 g/mol. The molecule has 0 fully saturated rings. The van der Waals surface area contributed by atoms with Crippen molar-refractivity contribution in [3.8, 4) is 0 Å². The number of benzene rings is 2. The Bertz CT molecular complexity index is 777. The molecule has 2 aromatic rings. The van der Waals surface area contributed by atoms with E-state index in [0.29, 0.717) is 5.56 Å². The summed E-state index contributed by atoms with van der Waals surface area (Å²) < 4.78 is 27.0. The molecule has 112 valence electrons. The number of nitrogens with zero attached hydrogens (tertiary/aromatic N) is 1. The third kappa shape index (κ3) is 2.48. The van der Waals surface area contributed by atoms with E-state index in [2.05, 4.69) is 10.5 Å². The van der Waals surface area contributed by atoms with Crippen LogP contribution in [0.4, 0.5) is 8.78 Å². The Kier molecular flexibility index (Phi) is 3.46. The monoisotopic (exact) mass is 304 g/mol. The van der Waals surface area contributed by atoms with E-state index >= 15 is 0 Å². The van der Waals surface area contributed by atoms with Crippen LogP contribution >= 0.6 is 0 Å². The highest BCUT2D eigenvalue weighted by Crippen LogP contribution is 2.24. The molecule has 1 unspecified atom stereocenters. The SMILES string of the molecule is O=C(O)c1cccc(C2=NOC(c3cccc(F)c3F)N2)c1. The Morgan fingerprint density at radius 3 is 2.77 bits per heavy atom. The Morgan fingerprint density at radius 2 is 2.00 bits per heavy atom. The molecular weight excluding hydrogens is 294 g/mol. The van der Waals surface area contributed by atoms with Crippen molar-refractivity contribution >= 4 is 11.8 Å². The van der Waals surface area contributed by atoms with Crippen LogP contribution in [-0.2, 0) is 4.84 Å². The van der Waals surface area contributed by atoms with Crippen molar-refractivity contribution in [2.45, 2.75) is 6.23 Å². The number of carbonyl (C=O) groups is 1. The summed E-state index contributed by atoms with van der Waals surface area (Å²) in [4.78, 5) is 16.0. The molecule has 0 saturated heterocycles. The second-order valence-electron chi connectivity index (χ2n) is 4.60. The lowest BCUT2D eigenvalue weighted by Gasteiger charge is -2.11. The fourth-order valence-electron chi connectivity index (χ4n) is 2.08. The number of hydrogen-bond donors (Lipinski definition) is 2. The van der Waals surface area contributed by atoms with Crippen molar-refractivity contribution in [3.05, 3.63) is 70.8 Å². The fourth-order valence-corrected chi connectivity index (χ4v) is 2.08. The van der Waals surface area contributed by atoms with E-state index in [1.165, 1.54) is 24.3 Å². The van der Waals surface area contributed by atoms with Crippen LogP contribution < -0.4 is 5.32 Å². The van der Waals surface area contributed by atoms with Crippen molar-refractivity contribution < 1.29 is 23.5 Å². The predicted molar refractivity (Wildman–Crippen MR) is 73.3 cm³/mol. The summed E-state index contributed by atoms with van der Waals surface area (Å²) in [7, 11) is 0. The maximum Gasteiger partial charge on any atom is 0.335 e. The van der Waals surface area contributed by atoms with Gasteiger partial charge in [0.25, 0.3) is 0 Å². The van der Waals surface area contributed by atoms with Crippen LogP contribution in [0.1, 0.15) is 27.7 Å². The number of carboxylic acid groups (broad SMARTS) is 1. The molecule has 5 nitrogen and oxygen atoms in total. The topological polar surface area (TPSA) is 70.9 Å². The quantitative estimate of drug-likeness (QED) is 0.914. The Labute approximate surface area is 123 Å². The van der Waals surface area contributed by atoms with Crippen LogP contribution in [0.15, 0.2) is 47.6 Å². The highest BCUT2D eigenvalue weighted by molar-refractivity contribution is 6.01. The minimum atomic E-state index is -1.07. The van der Waals surface area contributed by atoms with Gasteiger partial charge in [-0.1, -0.05) is 29.4 Å². The van der Waals surface area contributed by atoms with E-state index in [9.17, 15) is 13.6 Å². The highest BCUT2D eigenvalue weighted by atomic mass is 19.2. The molecular formula is C15H10F2N2O3. The Balaban J connectivity index is 1.84. The van der Waals surface area contributed by atoms with Gasteiger partial charge >= 0.3 is 5.97 Å². The fraction of sp³-hybridized carbons (Fsp3) is 0.0667. The molecule has 22 heavy (non-hydrogen) atoms. The number of hydrogen-bond acceptors (Lipinski definition) is 4. The normalized spacial score (nSPS) is 16.6. The summed E-state index contributed by atoms with van der Waals surface area (Å²) in [5, 5.41) is 15.5. The Hall–Kier alpha value is -2.96. The summed E-state index contributed by atoms with van der Waals surface area (Å²) in [5.74, 6) is -2.83. The maximum absolute atomic E-state index is 13.7. The van der Waals surface area contributed by atoms with E-state index in [-0.39, 0.29) is 17.0 Å². The van der Waals surface area contributed by atoms with Crippen LogP contribution in [0.3, 0.4) is 0 Å². The van der Waals surface area contributed by atoms with Gasteiger partial charge in [-0.05, 0) is 18.2 Å². The molecule has 7 heteroatoms. The third-order valence-corrected chi connectivity index (χ3v) is 3.16. The minimum absolute atomic E-state index is 0.0202. The summed E-state index contributed by atoms with van der Waals surface area (Å²) in [6, 6.07) is 9.77. The maximum atomic E-state index is 13.7. The zero-order valence-corrected chi connectivity index (χ0v) is 11.1. The van der Waals surface area contributed by atoms with Crippen LogP contribution in [0, 0.1) is 11.6 Å². The molecule has 0 aliphatic carbocycles. The molecule has 1 atom stereocenters. The number of rotatable bonds is 3. The van der Waals surface area contributed by atoms with Gasteiger partial charge in [0.15, 0.2) is 17.5 Å². The van der Waals surface area contributed by atoms with E-state index in [0.717, 1.165) is 6.07 Å². The zero-order chi connectivity index (χ0) is 15.7. The minimum Gasteiger partial charge on any atom is -0.478 e. The number of halogens is 2. The molecule has 1 heterocycles. The molecule has 0 radical (unpaired) electrons. The lowest BCUT2D eigenvalue weighted by atomic mass is 10.1.